The molecule has 0 saturated heterocycles. The Hall–Kier alpha value is -3.34. The van der Waals surface area contributed by atoms with Gasteiger partial charge in [-0.3, -0.25) is 0 Å². The van der Waals surface area contributed by atoms with Crippen LogP contribution in [0.5, 0.6) is 0 Å². The van der Waals surface area contributed by atoms with Gasteiger partial charge in [0.05, 0.1) is 12.7 Å². The summed E-state index contributed by atoms with van der Waals surface area (Å²) in [4.78, 5) is 24.0. The molecule has 1 atom stereocenters. The van der Waals surface area contributed by atoms with Crippen LogP contribution in [-0.2, 0) is 4.74 Å². The lowest BCUT2D eigenvalue weighted by atomic mass is 9.88. The first-order valence-electron chi connectivity index (χ1n) is 9.32. The third-order valence-electron chi connectivity index (χ3n) is 4.64. The highest BCUT2D eigenvalue weighted by Crippen LogP contribution is 2.27. The van der Waals surface area contributed by atoms with Gasteiger partial charge in [-0.2, -0.15) is 0 Å². The average molecular weight is 376 g/mol. The number of nitrogens with one attached hydrogen (secondary N) is 2. The van der Waals surface area contributed by atoms with Gasteiger partial charge in [-0.05, 0) is 42.2 Å². The molecule has 0 saturated carbocycles. The molecular formula is C23H24N2O3. The van der Waals surface area contributed by atoms with Gasteiger partial charge in [-0.1, -0.05) is 54.6 Å². The van der Waals surface area contributed by atoms with Gasteiger partial charge in [0.15, 0.2) is 0 Å². The minimum Gasteiger partial charge on any atom is -0.465 e. The van der Waals surface area contributed by atoms with E-state index in [1.165, 1.54) is 12.7 Å². The number of esters is 1. The van der Waals surface area contributed by atoms with Gasteiger partial charge in [0.2, 0.25) is 0 Å². The largest absolute Gasteiger partial charge is 0.465 e. The number of allylic oxidation sites excluding steroid dienone is 3. The standard InChI is InChI=1S/C23H24N2O3/c1-28-22(26)19-13-8-14-20(15-19)25-23(27)24-16-21(17-9-4-2-5-10-17)18-11-6-3-7-12-18/h2,4-6,8-15,21H,3,7,16H2,1H3,(H2,24,25,27). The van der Waals surface area contributed by atoms with E-state index in [0.717, 1.165) is 18.4 Å². The van der Waals surface area contributed by atoms with Gasteiger partial charge in [-0.25, -0.2) is 9.59 Å². The molecule has 28 heavy (non-hydrogen) atoms. The predicted octanol–water partition coefficient (Wildman–Crippen LogP) is 4.65. The van der Waals surface area contributed by atoms with Gasteiger partial charge in [0.1, 0.15) is 0 Å². The van der Waals surface area contributed by atoms with Crippen LogP contribution in [0.15, 0.2) is 78.4 Å². The summed E-state index contributed by atoms with van der Waals surface area (Å²) in [5.41, 5.74) is 3.30. The number of anilines is 1. The van der Waals surface area contributed by atoms with Crippen LogP contribution in [0.4, 0.5) is 10.5 Å². The number of amides is 2. The number of hydrogen-bond donors (Lipinski definition) is 2. The highest BCUT2D eigenvalue weighted by atomic mass is 16.5. The maximum Gasteiger partial charge on any atom is 0.337 e. The van der Waals surface area contributed by atoms with E-state index >= 15 is 0 Å². The van der Waals surface area contributed by atoms with E-state index in [4.69, 9.17) is 4.74 Å². The molecule has 0 aromatic heterocycles. The fourth-order valence-electron chi connectivity index (χ4n) is 3.22. The lowest BCUT2D eigenvalue weighted by molar-refractivity contribution is 0.0600. The van der Waals surface area contributed by atoms with Gasteiger partial charge < -0.3 is 15.4 Å². The Bertz CT molecular complexity index is 888. The Morgan fingerprint density at radius 2 is 1.89 bits per heavy atom. The summed E-state index contributed by atoms with van der Waals surface area (Å²) in [5, 5.41) is 5.72. The Kier molecular flexibility index (Phi) is 6.63. The second-order valence-corrected chi connectivity index (χ2v) is 6.55. The molecule has 2 aromatic rings. The van der Waals surface area contributed by atoms with Crippen LogP contribution in [-0.4, -0.2) is 25.7 Å². The molecule has 2 N–H and O–H groups in total. The molecule has 0 aliphatic heterocycles. The van der Waals surface area contributed by atoms with Crippen LogP contribution in [0.25, 0.3) is 0 Å². The van der Waals surface area contributed by atoms with Crippen molar-refractivity contribution in [1.29, 1.82) is 0 Å². The molecule has 3 rings (SSSR count). The fraction of sp³-hybridized carbons (Fsp3) is 0.217. The quantitative estimate of drug-likeness (QED) is 0.721. The van der Waals surface area contributed by atoms with E-state index in [2.05, 4.69) is 41.0 Å². The normalized spacial score (nSPS) is 14.0. The number of carbonyl (C=O) groups excluding carboxylic acids is 2. The topological polar surface area (TPSA) is 67.4 Å². The lowest BCUT2D eigenvalue weighted by Crippen LogP contribution is -2.33. The molecule has 0 bridgehead atoms. The van der Waals surface area contributed by atoms with Crippen LogP contribution in [0.1, 0.15) is 34.7 Å². The molecule has 1 aliphatic carbocycles. The van der Waals surface area contributed by atoms with Crippen molar-refractivity contribution >= 4 is 17.7 Å². The molecule has 0 heterocycles. The van der Waals surface area contributed by atoms with Gasteiger partial charge in [-0.15, -0.1) is 0 Å². The summed E-state index contributed by atoms with van der Waals surface area (Å²) in [7, 11) is 1.33. The van der Waals surface area contributed by atoms with E-state index in [9.17, 15) is 9.59 Å². The maximum atomic E-state index is 12.4. The number of hydrogen-bond acceptors (Lipinski definition) is 3. The van der Waals surface area contributed by atoms with Crippen LogP contribution in [0.2, 0.25) is 0 Å². The first kappa shape index (κ1) is 19.4. The molecule has 2 aromatic carbocycles. The van der Waals surface area contributed by atoms with Crippen molar-refractivity contribution in [3.8, 4) is 0 Å². The SMILES string of the molecule is COC(=O)c1cccc(NC(=O)NCC(C2=CCCC=C2)c2ccccc2)c1. The summed E-state index contributed by atoms with van der Waals surface area (Å²) < 4.78 is 4.71. The summed E-state index contributed by atoms with van der Waals surface area (Å²) in [6.07, 6.45) is 8.61. The van der Waals surface area contributed by atoms with Crippen molar-refractivity contribution in [3.63, 3.8) is 0 Å². The van der Waals surface area contributed by atoms with Gasteiger partial charge in [0.25, 0.3) is 0 Å². The smallest absolute Gasteiger partial charge is 0.337 e. The third-order valence-corrected chi connectivity index (χ3v) is 4.64. The van der Waals surface area contributed by atoms with E-state index in [0.29, 0.717) is 17.8 Å². The van der Waals surface area contributed by atoms with Crippen LogP contribution in [0.3, 0.4) is 0 Å². The summed E-state index contributed by atoms with van der Waals surface area (Å²) in [6.45, 7) is 0.475. The van der Waals surface area contributed by atoms with E-state index < -0.39 is 5.97 Å². The first-order valence-corrected chi connectivity index (χ1v) is 9.32. The summed E-state index contributed by atoms with van der Waals surface area (Å²) in [5.74, 6) is -0.353. The predicted molar refractivity (Wildman–Crippen MR) is 110 cm³/mol. The molecule has 1 aliphatic rings. The number of benzene rings is 2. The van der Waals surface area contributed by atoms with Crippen molar-refractivity contribution in [3.05, 3.63) is 89.5 Å². The fourth-order valence-corrected chi connectivity index (χ4v) is 3.22. The minimum absolute atomic E-state index is 0.0879. The summed E-state index contributed by atoms with van der Waals surface area (Å²) >= 11 is 0. The third kappa shape index (κ3) is 5.10. The Morgan fingerprint density at radius 3 is 2.61 bits per heavy atom. The monoisotopic (exact) mass is 376 g/mol. The van der Waals surface area contributed by atoms with Gasteiger partial charge >= 0.3 is 12.0 Å². The molecule has 0 radical (unpaired) electrons. The first-order chi connectivity index (χ1) is 13.7. The van der Waals surface area contributed by atoms with Crippen molar-refractivity contribution in [2.75, 3.05) is 19.0 Å². The molecule has 0 spiro atoms. The average Bonchev–Trinajstić information content (AvgIpc) is 2.75. The molecule has 5 heteroatoms. The van der Waals surface area contributed by atoms with E-state index in [1.54, 1.807) is 24.3 Å². The molecule has 2 amide bonds. The minimum atomic E-state index is -0.441. The Labute approximate surface area is 165 Å². The molecule has 144 valence electrons. The second-order valence-electron chi connectivity index (χ2n) is 6.55. The number of rotatable bonds is 6. The van der Waals surface area contributed by atoms with Crippen LogP contribution < -0.4 is 10.6 Å². The highest BCUT2D eigenvalue weighted by molar-refractivity contribution is 5.93. The van der Waals surface area contributed by atoms with E-state index in [-0.39, 0.29) is 11.9 Å². The number of carbonyl (C=O) groups is 2. The maximum absolute atomic E-state index is 12.4. The number of methoxy groups -OCH3 is 1. The van der Waals surface area contributed by atoms with Gasteiger partial charge in [0, 0.05) is 18.2 Å². The zero-order chi connectivity index (χ0) is 19.8. The molecule has 5 nitrogen and oxygen atoms in total. The highest BCUT2D eigenvalue weighted by Gasteiger charge is 2.17. The zero-order valence-corrected chi connectivity index (χ0v) is 15.9. The van der Waals surface area contributed by atoms with Crippen LogP contribution >= 0.6 is 0 Å². The molecular weight excluding hydrogens is 352 g/mol. The molecule has 1 unspecified atom stereocenters. The zero-order valence-electron chi connectivity index (χ0n) is 15.9. The van der Waals surface area contributed by atoms with Crippen molar-refractivity contribution in [2.45, 2.75) is 18.8 Å². The second kappa shape index (κ2) is 9.55. The summed E-state index contributed by atoms with van der Waals surface area (Å²) in [6, 6.07) is 16.5. The molecule has 0 fully saturated rings. The van der Waals surface area contributed by atoms with Crippen molar-refractivity contribution < 1.29 is 14.3 Å². The van der Waals surface area contributed by atoms with E-state index in [1.807, 2.05) is 18.2 Å². The Balaban J connectivity index is 1.66. The van der Waals surface area contributed by atoms with Crippen molar-refractivity contribution in [2.24, 2.45) is 0 Å². The Morgan fingerprint density at radius 1 is 1.07 bits per heavy atom. The van der Waals surface area contributed by atoms with Crippen molar-refractivity contribution in [1.82, 2.24) is 5.32 Å². The number of urea groups is 1. The van der Waals surface area contributed by atoms with Crippen LogP contribution in [0, 0.1) is 0 Å². The number of ether oxygens (including phenoxy) is 1. The lowest BCUT2D eigenvalue weighted by Gasteiger charge is -2.21.